The molecule has 17 heavy (non-hydrogen) atoms. The van der Waals surface area contributed by atoms with E-state index in [4.69, 9.17) is 28.9 Å². The fourth-order valence-electron chi connectivity index (χ4n) is 1.79. The van der Waals surface area contributed by atoms with Crippen LogP contribution < -0.4 is 5.73 Å². The first kappa shape index (κ1) is 12.3. The Kier molecular flexibility index (Phi) is 3.60. The number of hydrogen-bond acceptors (Lipinski definition) is 2. The molecule has 0 spiro atoms. The number of hydrogen-bond donors (Lipinski definition) is 2. The predicted octanol–water partition coefficient (Wildman–Crippen LogP) is 3.92. The summed E-state index contributed by atoms with van der Waals surface area (Å²) in [7, 11) is 0. The number of nitrogen functional groups attached to an aromatic ring is 1. The Morgan fingerprint density at radius 1 is 1.35 bits per heavy atom. The van der Waals surface area contributed by atoms with Crippen molar-refractivity contribution >= 4 is 29.0 Å². The van der Waals surface area contributed by atoms with Crippen LogP contribution in [0.2, 0.25) is 10.0 Å². The summed E-state index contributed by atoms with van der Waals surface area (Å²) in [5.41, 5.74) is 8.53. The third kappa shape index (κ3) is 2.40. The summed E-state index contributed by atoms with van der Waals surface area (Å²) in [5, 5.41) is 8.23. The minimum absolute atomic E-state index is 0.526. The summed E-state index contributed by atoms with van der Waals surface area (Å²) in [6.07, 6.45) is 1.86. The highest BCUT2D eigenvalue weighted by Crippen LogP contribution is 2.33. The molecule has 3 nitrogen and oxygen atoms in total. The standard InChI is InChI=1S/C12H13Cl2N3/c1-2-3-8-11(16-17-12(8)15)9-6-7(13)4-5-10(9)14/h4-6H,2-3H2,1H3,(H3,15,16,17). The molecule has 3 N–H and O–H groups in total. The highest BCUT2D eigenvalue weighted by molar-refractivity contribution is 6.35. The minimum Gasteiger partial charge on any atom is -0.382 e. The first-order valence-corrected chi connectivity index (χ1v) is 6.17. The van der Waals surface area contributed by atoms with Crippen molar-refractivity contribution in [3.05, 3.63) is 33.8 Å². The SMILES string of the molecule is CCCc1c(N)n[nH]c1-c1cc(Cl)ccc1Cl. The molecule has 0 bridgehead atoms. The van der Waals surface area contributed by atoms with Crippen LogP contribution in [0.25, 0.3) is 11.3 Å². The van der Waals surface area contributed by atoms with Gasteiger partial charge in [0, 0.05) is 16.1 Å². The van der Waals surface area contributed by atoms with Crippen LogP contribution in [0.15, 0.2) is 18.2 Å². The van der Waals surface area contributed by atoms with Gasteiger partial charge in [-0.3, -0.25) is 5.10 Å². The molecule has 0 fully saturated rings. The van der Waals surface area contributed by atoms with Gasteiger partial charge < -0.3 is 5.73 Å². The van der Waals surface area contributed by atoms with Crippen LogP contribution >= 0.6 is 23.2 Å². The van der Waals surface area contributed by atoms with E-state index in [0.29, 0.717) is 15.9 Å². The molecule has 2 aromatic rings. The fourth-order valence-corrected chi connectivity index (χ4v) is 2.18. The molecule has 0 unspecified atom stereocenters. The normalized spacial score (nSPS) is 10.8. The third-order valence-electron chi connectivity index (χ3n) is 2.60. The van der Waals surface area contributed by atoms with Gasteiger partial charge >= 0.3 is 0 Å². The Morgan fingerprint density at radius 3 is 2.82 bits per heavy atom. The molecule has 0 radical (unpaired) electrons. The molecule has 0 aliphatic carbocycles. The lowest BCUT2D eigenvalue weighted by atomic mass is 10.0. The van der Waals surface area contributed by atoms with Crippen molar-refractivity contribution in [1.82, 2.24) is 10.2 Å². The van der Waals surface area contributed by atoms with Crippen molar-refractivity contribution in [3.8, 4) is 11.3 Å². The highest BCUT2D eigenvalue weighted by atomic mass is 35.5. The van der Waals surface area contributed by atoms with E-state index in [0.717, 1.165) is 29.7 Å². The Morgan fingerprint density at radius 2 is 2.12 bits per heavy atom. The second kappa shape index (κ2) is 4.98. The number of halogens is 2. The van der Waals surface area contributed by atoms with Crippen LogP contribution in [0.5, 0.6) is 0 Å². The predicted molar refractivity (Wildman–Crippen MR) is 72.5 cm³/mol. The molecular formula is C12H13Cl2N3. The van der Waals surface area contributed by atoms with Gasteiger partial charge in [0.15, 0.2) is 0 Å². The van der Waals surface area contributed by atoms with Crippen molar-refractivity contribution in [2.75, 3.05) is 5.73 Å². The molecule has 1 aromatic heterocycles. The summed E-state index contributed by atoms with van der Waals surface area (Å²) in [6.45, 7) is 2.09. The number of nitrogens with two attached hydrogens (primary N) is 1. The Balaban J connectivity index is 2.56. The average Bonchev–Trinajstić information content (AvgIpc) is 2.65. The molecule has 1 aromatic carbocycles. The van der Waals surface area contributed by atoms with E-state index in [-0.39, 0.29) is 0 Å². The summed E-state index contributed by atoms with van der Waals surface area (Å²) < 4.78 is 0. The van der Waals surface area contributed by atoms with Gasteiger partial charge in [-0.15, -0.1) is 0 Å². The van der Waals surface area contributed by atoms with E-state index in [1.807, 2.05) is 6.07 Å². The van der Waals surface area contributed by atoms with Gasteiger partial charge in [-0.25, -0.2) is 0 Å². The molecule has 0 amide bonds. The zero-order valence-electron chi connectivity index (χ0n) is 9.43. The Hall–Kier alpha value is -1.19. The molecule has 0 aliphatic heterocycles. The average molecular weight is 270 g/mol. The van der Waals surface area contributed by atoms with Gasteiger partial charge in [0.25, 0.3) is 0 Å². The van der Waals surface area contributed by atoms with Crippen molar-refractivity contribution in [2.45, 2.75) is 19.8 Å². The van der Waals surface area contributed by atoms with E-state index in [2.05, 4.69) is 17.1 Å². The molecule has 0 saturated heterocycles. The maximum atomic E-state index is 6.16. The summed E-state index contributed by atoms with van der Waals surface area (Å²) in [4.78, 5) is 0. The maximum Gasteiger partial charge on any atom is 0.149 e. The van der Waals surface area contributed by atoms with Gasteiger partial charge in [-0.05, 0) is 24.6 Å². The van der Waals surface area contributed by atoms with Crippen LogP contribution in [-0.4, -0.2) is 10.2 Å². The Labute approximate surface area is 110 Å². The molecule has 0 saturated carbocycles. The van der Waals surface area contributed by atoms with E-state index < -0.39 is 0 Å². The van der Waals surface area contributed by atoms with Gasteiger partial charge in [0.05, 0.1) is 10.7 Å². The van der Waals surface area contributed by atoms with Crippen LogP contribution in [0, 0.1) is 0 Å². The van der Waals surface area contributed by atoms with E-state index >= 15 is 0 Å². The first-order chi connectivity index (χ1) is 8.13. The fraction of sp³-hybridized carbons (Fsp3) is 0.250. The monoisotopic (exact) mass is 269 g/mol. The van der Waals surface area contributed by atoms with Crippen LogP contribution in [-0.2, 0) is 6.42 Å². The summed E-state index contributed by atoms with van der Waals surface area (Å²) in [5.74, 6) is 0.526. The number of aromatic nitrogens is 2. The lowest BCUT2D eigenvalue weighted by Crippen LogP contribution is -1.93. The van der Waals surface area contributed by atoms with Crippen molar-refractivity contribution in [1.29, 1.82) is 0 Å². The summed E-state index contributed by atoms with van der Waals surface area (Å²) >= 11 is 12.1. The first-order valence-electron chi connectivity index (χ1n) is 5.41. The third-order valence-corrected chi connectivity index (χ3v) is 3.16. The molecule has 1 heterocycles. The number of nitrogens with zero attached hydrogens (tertiary/aromatic N) is 1. The Bertz CT molecular complexity index is 535. The smallest absolute Gasteiger partial charge is 0.149 e. The molecule has 0 atom stereocenters. The molecular weight excluding hydrogens is 257 g/mol. The van der Waals surface area contributed by atoms with Crippen molar-refractivity contribution < 1.29 is 0 Å². The zero-order chi connectivity index (χ0) is 12.4. The lowest BCUT2D eigenvalue weighted by molar-refractivity contribution is 0.927. The number of H-pyrrole nitrogens is 1. The van der Waals surface area contributed by atoms with Crippen LogP contribution in [0.3, 0.4) is 0 Å². The number of benzene rings is 1. The second-order valence-electron chi connectivity index (χ2n) is 3.84. The van der Waals surface area contributed by atoms with Crippen LogP contribution in [0.1, 0.15) is 18.9 Å². The lowest BCUT2D eigenvalue weighted by Gasteiger charge is -2.05. The molecule has 5 heteroatoms. The van der Waals surface area contributed by atoms with Gasteiger partial charge in [0.1, 0.15) is 5.82 Å². The number of nitrogens with one attached hydrogen (secondary N) is 1. The summed E-state index contributed by atoms with van der Waals surface area (Å²) in [6, 6.07) is 5.34. The van der Waals surface area contributed by atoms with Crippen molar-refractivity contribution in [2.24, 2.45) is 0 Å². The maximum absolute atomic E-state index is 6.16. The molecule has 2 rings (SSSR count). The van der Waals surface area contributed by atoms with Gasteiger partial charge in [0.2, 0.25) is 0 Å². The quantitative estimate of drug-likeness (QED) is 0.888. The minimum atomic E-state index is 0.526. The van der Waals surface area contributed by atoms with Crippen molar-refractivity contribution in [3.63, 3.8) is 0 Å². The van der Waals surface area contributed by atoms with Crippen LogP contribution in [0.4, 0.5) is 5.82 Å². The zero-order valence-corrected chi connectivity index (χ0v) is 10.9. The largest absolute Gasteiger partial charge is 0.382 e. The molecule has 90 valence electrons. The van der Waals surface area contributed by atoms with E-state index in [1.165, 1.54) is 0 Å². The van der Waals surface area contributed by atoms with Gasteiger partial charge in [-0.2, -0.15) is 5.10 Å². The van der Waals surface area contributed by atoms with Gasteiger partial charge in [-0.1, -0.05) is 36.5 Å². The number of anilines is 1. The highest BCUT2D eigenvalue weighted by Gasteiger charge is 2.14. The topological polar surface area (TPSA) is 54.7 Å². The van der Waals surface area contributed by atoms with E-state index in [9.17, 15) is 0 Å². The molecule has 0 aliphatic rings. The van der Waals surface area contributed by atoms with E-state index in [1.54, 1.807) is 12.1 Å². The number of aromatic amines is 1. The number of rotatable bonds is 3. The second-order valence-corrected chi connectivity index (χ2v) is 4.68.